The molecule has 24 heavy (non-hydrogen) atoms. The second kappa shape index (κ2) is 8.24. The molecule has 0 aliphatic heterocycles. The molecule has 7 heteroatoms. The molecule has 2 amide bonds. The van der Waals surface area contributed by atoms with Crippen LogP contribution in [0.15, 0.2) is 36.4 Å². The molecule has 0 spiro atoms. The first kappa shape index (κ1) is 17.7. The standard InChI is InChI=1S/C17H17N3O3S/c1-11-7-8-15(24-11)14(23-2)10-19-16(21)17(22)20-13-6-4-3-5-12(13)9-18/h3-8,14H,10H2,1-2H3,(H,19,21)(H,20,22)/t14-/m0/s1. The summed E-state index contributed by atoms with van der Waals surface area (Å²) in [7, 11) is 1.55. The van der Waals surface area contributed by atoms with E-state index in [0.717, 1.165) is 9.75 Å². The van der Waals surface area contributed by atoms with E-state index in [1.54, 1.807) is 42.7 Å². The lowest BCUT2D eigenvalue weighted by Crippen LogP contribution is -2.38. The number of hydrogen-bond donors (Lipinski definition) is 2. The van der Waals surface area contributed by atoms with Crippen molar-refractivity contribution in [1.29, 1.82) is 5.26 Å². The van der Waals surface area contributed by atoms with E-state index < -0.39 is 11.8 Å². The minimum absolute atomic E-state index is 0.183. The van der Waals surface area contributed by atoms with E-state index >= 15 is 0 Å². The lowest BCUT2D eigenvalue weighted by molar-refractivity contribution is -0.136. The van der Waals surface area contributed by atoms with Gasteiger partial charge in [-0.2, -0.15) is 5.26 Å². The van der Waals surface area contributed by atoms with E-state index in [-0.39, 0.29) is 12.6 Å². The van der Waals surface area contributed by atoms with E-state index in [1.807, 2.05) is 25.1 Å². The summed E-state index contributed by atoms with van der Waals surface area (Å²) in [6.45, 7) is 2.17. The molecule has 1 atom stereocenters. The highest BCUT2D eigenvalue weighted by atomic mass is 32.1. The summed E-state index contributed by atoms with van der Waals surface area (Å²) in [6, 6.07) is 12.3. The molecular formula is C17H17N3O3S. The molecule has 0 saturated heterocycles. The minimum atomic E-state index is -0.824. The molecule has 1 aromatic heterocycles. The maximum Gasteiger partial charge on any atom is 0.313 e. The predicted molar refractivity (Wildman–Crippen MR) is 91.6 cm³/mol. The maximum atomic E-state index is 12.0. The number of para-hydroxylation sites is 1. The number of carbonyl (C=O) groups is 2. The van der Waals surface area contributed by atoms with Crippen LogP contribution < -0.4 is 10.6 Å². The Labute approximate surface area is 144 Å². The van der Waals surface area contributed by atoms with Crippen LogP contribution in [0.5, 0.6) is 0 Å². The van der Waals surface area contributed by atoms with Crippen LogP contribution in [0.3, 0.4) is 0 Å². The second-order valence-electron chi connectivity index (χ2n) is 4.99. The minimum Gasteiger partial charge on any atom is -0.374 e. The van der Waals surface area contributed by atoms with Gasteiger partial charge in [0.05, 0.1) is 11.3 Å². The van der Waals surface area contributed by atoms with Crippen molar-refractivity contribution in [3.8, 4) is 6.07 Å². The number of rotatable bonds is 5. The monoisotopic (exact) mass is 343 g/mol. The number of aryl methyl sites for hydroxylation is 1. The molecule has 0 fully saturated rings. The zero-order chi connectivity index (χ0) is 17.5. The van der Waals surface area contributed by atoms with Crippen LogP contribution in [0.4, 0.5) is 5.69 Å². The van der Waals surface area contributed by atoms with E-state index in [2.05, 4.69) is 10.6 Å². The first-order valence-corrected chi connectivity index (χ1v) is 8.04. The molecule has 2 aromatic rings. The van der Waals surface area contributed by atoms with Gasteiger partial charge >= 0.3 is 11.8 Å². The third kappa shape index (κ3) is 4.41. The molecule has 0 aliphatic rings. The molecule has 0 bridgehead atoms. The average Bonchev–Trinajstić information content (AvgIpc) is 3.02. The Kier molecular flexibility index (Phi) is 6.07. The Bertz CT molecular complexity index is 779. The number of amides is 2. The van der Waals surface area contributed by atoms with Crippen molar-refractivity contribution in [2.45, 2.75) is 13.0 Å². The number of nitrogens with zero attached hydrogens (tertiary/aromatic N) is 1. The van der Waals surface area contributed by atoms with Crippen LogP contribution in [-0.2, 0) is 14.3 Å². The number of benzene rings is 1. The molecular weight excluding hydrogens is 326 g/mol. The number of nitriles is 1. The number of carbonyl (C=O) groups excluding carboxylic acids is 2. The van der Waals surface area contributed by atoms with Crippen molar-refractivity contribution < 1.29 is 14.3 Å². The van der Waals surface area contributed by atoms with Crippen LogP contribution in [0.1, 0.15) is 21.4 Å². The van der Waals surface area contributed by atoms with Gasteiger partial charge in [0.2, 0.25) is 0 Å². The molecule has 2 rings (SSSR count). The Balaban J connectivity index is 1.94. The quantitative estimate of drug-likeness (QED) is 0.816. The van der Waals surface area contributed by atoms with Crippen LogP contribution in [0, 0.1) is 18.3 Å². The first-order valence-electron chi connectivity index (χ1n) is 7.22. The first-order chi connectivity index (χ1) is 11.5. The summed E-state index contributed by atoms with van der Waals surface area (Å²) in [4.78, 5) is 26.0. The van der Waals surface area contributed by atoms with Gasteiger partial charge < -0.3 is 15.4 Å². The normalized spacial score (nSPS) is 11.4. The third-order valence-corrected chi connectivity index (χ3v) is 4.41. The average molecular weight is 343 g/mol. The van der Waals surface area contributed by atoms with Gasteiger partial charge in [0.15, 0.2) is 0 Å². The Hall–Kier alpha value is -2.69. The number of thiophene rings is 1. The Morgan fingerprint density at radius 1 is 1.25 bits per heavy atom. The lowest BCUT2D eigenvalue weighted by Gasteiger charge is -2.14. The maximum absolute atomic E-state index is 12.0. The largest absolute Gasteiger partial charge is 0.374 e. The van der Waals surface area contributed by atoms with Gasteiger partial charge in [-0.05, 0) is 31.2 Å². The van der Waals surface area contributed by atoms with E-state index in [4.69, 9.17) is 10.00 Å². The Morgan fingerprint density at radius 2 is 2.00 bits per heavy atom. The number of methoxy groups -OCH3 is 1. The fraction of sp³-hybridized carbons (Fsp3) is 0.235. The fourth-order valence-corrected chi connectivity index (χ4v) is 3.02. The molecule has 1 heterocycles. The van der Waals surface area contributed by atoms with Crippen LogP contribution in [-0.4, -0.2) is 25.5 Å². The highest BCUT2D eigenvalue weighted by Gasteiger charge is 2.18. The van der Waals surface area contributed by atoms with Gasteiger partial charge in [-0.1, -0.05) is 12.1 Å². The number of anilines is 1. The highest BCUT2D eigenvalue weighted by Crippen LogP contribution is 2.24. The second-order valence-corrected chi connectivity index (χ2v) is 6.31. The predicted octanol–water partition coefficient (Wildman–Crippen LogP) is 2.37. The summed E-state index contributed by atoms with van der Waals surface area (Å²) in [5.74, 6) is -1.60. The zero-order valence-corrected chi connectivity index (χ0v) is 14.1. The summed E-state index contributed by atoms with van der Waals surface area (Å²) in [6.07, 6.45) is -0.313. The summed E-state index contributed by atoms with van der Waals surface area (Å²) in [5.41, 5.74) is 0.597. The molecule has 0 unspecified atom stereocenters. The molecule has 1 aromatic carbocycles. The van der Waals surface area contributed by atoms with E-state index in [1.165, 1.54) is 0 Å². The van der Waals surface area contributed by atoms with E-state index in [0.29, 0.717) is 11.3 Å². The van der Waals surface area contributed by atoms with Crippen molar-refractivity contribution in [3.63, 3.8) is 0 Å². The van der Waals surface area contributed by atoms with E-state index in [9.17, 15) is 9.59 Å². The van der Waals surface area contributed by atoms with Gasteiger partial charge in [0, 0.05) is 23.4 Å². The van der Waals surface area contributed by atoms with Crippen LogP contribution >= 0.6 is 11.3 Å². The molecule has 124 valence electrons. The molecule has 0 radical (unpaired) electrons. The molecule has 0 saturated carbocycles. The van der Waals surface area contributed by atoms with Crippen molar-refractivity contribution >= 4 is 28.8 Å². The number of ether oxygens (including phenoxy) is 1. The zero-order valence-electron chi connectivity index (χ0n) is 13.3. The topological polar surface area (TPSA) is 91.2 Å². The fourth-order valence-electron chi connectivity index (χ4n) is 2.06. The highest BCUT2D eigenvalue weighted by molar-refractivity contribution is 7.12. The van der Waals surface area contributed by atoms with Gasteiger partial charge in [0.1, 0.15) is 12.2 Å². The summed E-state index contributed by atoms with van der Waals surface area (Å²) < 4.78 is 5.36. The smallest absolute Gasteiger partial charge is 0.313 e. The van der Waals surface area contributed by atoms with Crippen molar-refractivity contribution in [2.75, 3.05) is 19.0 Å². The van der Waals surface area contributed by atoms with Gasteiger partial charge in [-0.3, -0.25) is 9.59 Å². The Morgan fingerprint density at radius 3 is 2.62 bits per heavy atom. The van der Waals surface area contributed by atoms with Crippen molar-refractivity contribution in [1.82, 2.24) is 5.32 Å². The SMILES string of the molecule is CO[C@@H](CNC(=O)C(=O)Nc1ccccc1C#N)c1ccc(C)s1. The lowest BCUT2D eigenvalue weighted by atomic mass is 10.2. The third-order valence-electron chi connectivity index (χ3n) is 3.31. The van der Waals surface area contributed by atoms with Crippen LogP contribution in [0.25, 0.3) is 0 Å². The van der Waals surface area contributed by atoms with Gasteiger partial charge in [0.25, 0.3) is 0 Å². The summed E-state index contributed by atoms with van der Waals surface area (Å²) in [5, 5.41) is 14.0. The number of hydrogen-bond acceptors (Lipinski definition) is 5. The van der Waals surface area contributed by atoms with Crippen molar-refractivity contribution in [2.24, 2.45) is 0 Å². The summed E-state index contributed by atoms with van der Waals surface area (Å²) >= 11 is 1.58. The number of nitrogens with one attached hydrogen (secondary N) is 2. The van der Waals surface area contributed by atoms with Gasteiger partial charge in [-0.15, -0.1) is 11.3 Å². The molecule has 6 nitrogen and oxygen atoms in total. The van der Waals surface area contributed by atoms with Gasteiger partial charge in [-0.25, -0.2) is 0 Å². The van der Waals surface area contributed by atoms with Crippen LogP contribution in [0.2, 0.25) is 0 Å². The molecule has 2 N–H and O–H groups in total. The molecule has 0 aliphatic carbocycles. The van der Waals surface area contributed by atoms with Crippen molar-refractivity contribution in [3.05, 3.63) is 51.7 Å².